The molecule has 1 aromatic heterocycles. The van der Waals surface area contributed by atoms with Crippen LogP contribution in [0.4, 0.5) is 0 Å². The quantitative estimate of drug-likeness (QED) is 0.838. The van der Waals surface area contributed by atoms with Gasteiger partial charge in [0, 0.05) is 24.3 Å². The molecule has 1 aromatic rings. The summed E-state index contributed by atoms with van der Waals surface area (Å²) in [6.45, 7) is 0.342. The molecule has 0 bridgehead atoms. The maximum atomic E-state index is 12.1. The predicted octanol–water partition coefficient (Wildman–Crippen LogP) is 2.60. The Hall–Kier alpha value is -0.810. The van der Waals surface area contributed by atoms with Crippen molar-refractivity contribution in [1.82, 2.24) is 9.88 Å². The van der Waals surface area contributed by atoms with Crippen molar-refractivity contribution in [2.45, 2.75) is 44.1 Å². The van der Waals surface area contributed by atoms with Gasteiger partial charge in [0.25, 0.3) is 5.91 Å². The number of halogens is 1. The van der Waals surface area contributed by atoms with Crippen LogP contribution in [-0.4, -0.2) is 27.7 Å². The first-order valence-corrected chi connectivity index (χ1v) is 7.62. The lowest BCUT2D eigenvalue weighted by Gasteiger charge is -2.26. The Morgan fingerprint density at radius 1 is 1.42 bits per heavy atom. The smallest absolute Gasteiger partial charge is 0.268 e. The van der Waals surface area contributed by atoms with E-state index < -0.39 is 5.60 Å². The third-order valence-electron chi connectivity index (χ3n) is 3.82. The highest BCUT2D eigenvalue weighted by Gasteiger charge is 2.28. The van der Waals surface area contributed by atoms with Gasteiger partial charge in [-0.15, -0.1) is 0 Å². The predicted molar refractivity (Wildman–Crippen MR) is 78.1 cm³/mol. The highest BCUT2D eigenvalue weighted by Crippen LogP contribution is 2.26. The van der Waals surface area contributed by atoms with E-state index in [0.717, 1.165) is 30.2 Å². The molecule has 1 fully saturated rings. The van der Waals surface area contributed by atoms with Crippen LogP contribution in [0, 0.1) is 0 Å². The molecule has 1 heterocycles. The van der Waals surface area contributed by atoms with Crippen LogP contribution < -0.4 is 5.32 Å². The maximum Gasteiger partial charge on any atom is 0.268 e. The Bertz CT molecular complexity index is 448. The van der Waals surface area contributed by atoms with Crippen LogP contribution in [0.3, 0.4) is 0 Å². The Labute approximate surface area is 122 Å². The summed E-state index contributed by atoms with van der Waals surface area (Å²) >= 11 is 3.35. The van der Waals surface area contributed by atoms with E-state index in [1.54, 1.807) is 10.6 Å². The fourth-order valence-electron chi connectivity index (χ4n) is 2.65. The maximum absolute atomic E-state index is 12.1. The lowest BCUT2D eigenvalue weighted by atomic mass is 9.94. The Balaban J connectivity index is 1.94. The summed E-state index contributed by atoms with van der Waals surface area (Å²) in [6.07, 6.45) is 7.86. The van der Waals surface area contributed by atoms with E-state index in [0.29, 0.717) is 12.2 Å². The molecule has 0 aliphatic heterocycles. The lowest BCUT2D eigenvalue weighted by Crippen LogP contribution is -2.42. The number of aromatic nitrogens is 1. The number of carbonyl (C=O) groups excluding carboxylic acids is 1. The van der Waals surface area contributed by atoms with Crippen molar-refractivity contribution in [3.8, 4) is 0 Å². The first kappa shape index (κ1) is 14.6. The van der Waals surface area contributed by atoms with Gasteiger partial charge in [0.05, 0.1) is 5.60 Å². The molecule has 1 saturated carbocycles. The number of amides is 1. The normalized spacial score (nSPS) is 18.9. The van der Waals surface area contributed by atoms with Crippen LogP contribution in [0.25, 0.3) is 0 Å². The van der Waals surface area contributed by atoms with Gasteiger partial charge in [-0.25, -0.2) is 0 Å². The van der Waals surface area contributed by atoms with E-state index in [9.17, 15) is 9.90 Å². The molecule has 106 valence electrons. The van der Waals surface area contributed by atoms with Crippen molar-refractivity contribution in [3.05, 3.63) is 22.4 Å². The van der Waals surface area contributed by atoms with Crippen molar-refractivity contribution >= 4 is 21.8 Å². The zero-order valence-corrected chi connectivity index (χ0v) is 12.9. The molecular formula is C14H21BrN2O2. The minimum absolute atomic E-state index is 0.133. The van der Waals surface area contributed by atoms with Crippen molar-refractivity contribution in [2.24, 2.45) is 7.05 Å². The molecule has 0 unspecified atom stereocenters. The van der Waals surface area contributed by atoms with Crippen LogP contribution in [-0.2, 0) is 7.05 Å². The van der Waals surface area contributed by atoms with Gasteiger partial charge in [-0.3, -0.25) is 4.79 Å². The van der Waals surface area contributed by atoms with Crippen LogP contribution in [0.1, 0.15) is 49.0 Å². The monoisotopic (exact) mass is 328 g/mol. The molecule has 2 N–H and O–H groups in total. The largest absolute Gasteiger partial charge is 0.388 e. The fourth-order valence-corrected chi connectivity index (χ4v) is 3.17. The molecule has 0 radical (unpaired) electrons. The summed E-state index contributed by atoms with van der Waals surface area (Å²) in [5.41, 5.74) is -0.127. The average Bonchev–Trinajstić information content (AvgIpc) is 2.58. The SMILES string of the molecule is Cn1cc(Br)cc1C(=O)NCC1(O)CCCCCC1. The molecule has 4 nitrogen and oxygen atoms in total. The van der Waals surface area contributed by atoms with Crippen LogP contribution >= 0.6 is 15.9 Å². The van der Waals surface area contributed by atoms with Gasteiger partial charge in [0.15, 0.2) is 0 Å². The second-order valence-electron chi connectivity index (χ2n) is 5.48. The number of carbonyl (C=O) groups is 1. The van der Waals surface area contributed by atoms with Crippen molar-refractivity contribution in [2.75, 3.05) is 6.54 Å². The average molecular weight is 329 g/mol. The second kappa shape index (κ2) is 6.09. The Morgan fingerprint density at radius 3 is 2.58 bits per heavy atom. The van der Waals surface area contributed by atoms with E-state index in [2.05, 4.69) is 21.2 Å². The number of nitrogens with zero attached hydrogens (tertiary/aromatic N) is 1. The summed E-state index contributed by atoms with van der Waals surface area (Å²) in [7, 11) is 1.83. The zero-order chi connectivity index (χ0) is 13.9. The second-order valence-corrected chi connectivity index (χ2v) is 6.39. The van der Waals surface area contributed by atoms with Gasteiger partial charge in [0.1, 0.15) is 5.69 Å². The van der Waals surface area contributed by atoms with Gasteiger partial charge in [-0.1, -0.05) is 25.7 Å². The third kappa shape index (κ3) is 3.83. The first-order valence-electron chi connectivity index (χ1n) is 6.83. The van der Waals surface area contributed by atoms with Crippen LogP contribution in [0.5, 0.6) is 0 Å². The molecule has 2 rings (SSSR count). The summed E-state index contributed by atoms with van der Waals surface area (Å²) in [5.74, 6) is -0.133. The molecule has 1 amide bonds. The van der Waals surface area contributed by atoms with Crippen molar-refractivity contribution in [3.63, 3.8) is 0 Å². The molecule has 1 aliphatic rings. The van der Waals surface area contributed by atoms with E-state index in [1.165, 1.54) is 12.8 Å². The van der Waals surface area contributed by atoms with Crippen LogP contribution in [0.15, 0.2) is 16.7 Å². The number of aryl methyl sites for hydroxylation is 1. The van der Waals surface area contributed by atoms with Gasteiger partial charge in [-0.05, 0) is 34.8 Å². The fraction of sp³-hybridized carbons (Fsp3) is 0.643. The van der Waals surface area contributed by atoms with Gasteiger partial charge < -0.3 is 15.0 Å². The van der Waals surface area contributed by atoms with E-state index >= 15 is 0 Å². The molecule has 1 aliphatic carbocycles. The van der Waals surface area contributed by atoms with E-state index in [1.807, 2.05) is 13.2 Å². The first-order chi connectivity index (χ1) is 9.00. The minimum atomic E-state index is -0.728. The molecule has 0 atom stereocenters. The lowest BCUT2D eigenvalue weighted by molar-refractivity contribution is 0.0245. The topological polar surface area (TPSA) is 54.3 Å². The molecular weight excluding hydrogens is 308 g/mol. The summed E-state index contributed by atoms with van der Waals surface area (Å²) < 4.78 is 2.66. The van der Waals surface area contributed by atoms with Crippen molar-refractivity contribution < 1.29 is 9.90 Å². The number of hydrogen-bond donors (Lipinski definition) is 2. The van der Waals surface area contributed by atoms with Gasteiger partial charge in [0.2, 0.25) is 0 Å². The number of hydrogen-bond acceptors (Lipinski definition) is 2. The zero-order valence-electron chi connectivity index (χ0n) is 11.3. The molecule has 0 spiro atoms. The number of rotatable bonds is 3. The van der Waals surface area contributed by atoms with Crippen LogP contribution in [0.2, 0.25) is 0 Å². The van der Waals surface area contributed by atoms with Gasteiger partial charge >= 0.3 is 0 Å². The number of aliphatic hydroxyl groups is 1. The molecule has 0 saturated heterocycles. The summed E-state index contributed by atoms with van der Waals surface area (Å²) in [5, 5.41) is 13.4. The Morgan fingerprint density at radius 2 is 2.05 bits per heavy atom. The van der Waals surface area contributed by atoms with Gasteiger partial charge in [-0.2, -0.15) is 0 Å². The number of nitrogens with one attached hydrogen (secondary N) is 1. The Kier molecular flexibility index (Phi) is 4.68. The molecule has 0 aromatic carbocycles. The summed E-state index contributed by atoms with van der Waals surface area (Å²) in [6, 6.07) is 1.78. The van der Waals surface area contributed by atoms with Crippen molar-refractivity contribution in [1.29, 1.82) is 0 Å². The highest BCUT2D eigenvalue weighted by atomic mass is 79.9. The van der Waals surface area contributed by atoms with E-state index in [-0.39, 0.29) is 5.91 Å². The third-order valence-corrected chi connectivity index (χ3v) is 4.25. The standard InChI is InChI=1S/C14H21BrN2O2/c1-17-9-11(15)8-12(17)13(18)16-10-14(19)6-4-2-3-5-7-14/h8-9,19H,2-7,10H2,1H3,(H,16,18). The molecule has 19 heavy (non-hydrogen) atoms. The molecule has 5 heteroatoms. The summed E-state index contributed by atoms with van der Waals surface area (Å²) in [4.78, 5) is 12.1. The minimum Gasteiger partial charge on any atom is -0.388 e. The highest BCUT2D eigenvalue weighted by molar-refractivity contribution is 9.10. The van der Waals surface area contributed by atoms with E-state index in [4.69, 9.17) is 0 Å².